The SMILES string of the molecule is CCCN(CC)C(=O)C1=CCC(CC)=C(C)C=C1. The van der Waals surface area contributed by atoms with E-state index in [9.17, 15) is 4.79 Å². The van der Waals surface area contributed by atoms with Crippen LogP contribution < -0.4 is 0 Å². The Morgan fingerprint density at radius 3 is 2.56 bits per heavy atom. The summed E-state index contributed by atoms with van der Waals surface area (Å²) in [5.41, 5.74) is 3.57. The van der Waals surface area contributed by atoms with Gasteiger partial charge in [-0.05, 0) is 39.2 Å². The van der Waals surface area contributed by atoms with Crippen molar-refractivity contribution in [3.8, 4) is 0 Å². The summed E-state index contributed by atoms with van der Waals surface area (Å²) in [6, 6.07) is 0. The number of hydrogen-bond donors (Lipinski definition) is 0. The van der Waals surface area contributed by atoms with E-state index in [1.165, 1.54) is 11.1 Å². The Bertz CT molecular complexity index is 388. The highest BCUT2D eigenvalue weighted by Gasteiger charge is 2.15. The van der Waals surface area contributed by atoms with Gasteiger partial charge < -0.3 is 4.90 Å². The van der Waals surface area contributed by atoms with Crippen LogP contribution in [0.3, 0.4) is 0 Å². The van der Waals surface area contributed by atoms with E-state index < -0.39 is 0 Å². The molecule has 0 N–H and O–H groups in total. The Hall–Kier alpha value is -1.31. The molecule has 0 aromatic carbocycles. The van der Waals surface area contributed by atoms with E-state index in [1.54, 1.807) is 0 Å². The zero-order valence-corrected chi connectivity index (χ0v) is 12.1. The molecule has 0 fully saturated rings. The minimum atomic E-state index is 0.167. The molecule has 0 heterocycles. The van der Waals surface area contributed by atoms with Crippen LogP contribution in [0.1, 0.15) is 47.0 Å². The highest BCUT2D eigenvalue weighted by atomic mass is 16.2. The second-order valence-corrected chi connectivity index (χ2v) is 4.72. The van der Waals surface area contributed by atoms with Crippen molar-refractivity contribution in [3.05, 3.63) is 34.9 Å². The summed E-state index contributed by atoms with van der Waals surface area (Å²) < 4.78 is 0. The van der Waals surface area contributed by atoms with Crippen molar-refractivity contribution < 1.29 is 4.79 Å². The molecule has 0 aromatic heterocycles. The van der Waals surface area contributed by atoms with E-state index in [0.717, 1.165) is 37.9 Å². The van der Waals surface area contributed by atoms with Crippen LogP contribution in [0.25, 0.3) is 0 Å². The second kappa shape index (κ2) is 7.20. The molecular weight excluding hydrogens is 222 g/mol. The molecule has 0 aromatic rings. The Morgan fingerprint density at radius 2 is 2.00 bits per heavy atom. The standard InChI is InChI=1S/C16H25NO/c1-5-12-17(7-3)16(18)15-9-8-13(4)14(6-2)10-11-15/h8-9,11H,5-7,10,12H2,1-4H3. The predicted octanol–water partition coefficient (Wildman–Crippen LogP) is 3.86. The van der Waals surface area contributed by atoms with Crippen molar-refractivity contribution in [1.29, 1.82) is 0 Å². The third-order valence-corrected chi connectivity index (χ3v) is 3.48. The van der Waals surface area contributed by atoms with E-state index >= 15 is 0 Å². The van der Waals surface area contributed by atoms with Crippen molar-refractivity contribution >= 4 is 5.91 Å². The van der Waals surface area contributed by atoms with Gasteiger partial charge in [-0.15, -0.1) is 0 Å². The van der Waals surface area contributed by atoms with Crippen molar-refractivity contribution in [2.24, 2.45) is 0 Å². The van der Waals surface area contributed by atoms with Gasteiger partial charge in [-0.3, -0.25) is 4.79 Å². The summed E-state index contributed by atoms with van der Waals surface area (Å²) in [6.45, 7) is 10.1. The third kappa shape index (κ3) is 3.59. The highest BCUT2D eigenvalue weighted by molar-refractivity contribution is 5.96. The van der Waals surface area contributed by atoms with E-state index in [0.29, 0.717) is 0 Å². The molecule has 1 aliphatic rings. The van der Waals surface area contributed by atoms with Gasteiger partial charge in [0.1, 0.15) is 0 Å². The molecule has 1 aliphatic carbocycles. The lowest BCUT2D eigenvalue weighted by molar-refractivity contribution is -0.126. The lowest BCUT2D eigenvalue weighted by atomic mass is 10.0. The van der Waals surface area contributed by atoms with Crippen LogP contribution in [-0.2, 0) is 4.79 Å². The number of amides is 1. The van der Waals surface area contributed by atoms with E-state index in [2.05, 4.69) is 32.9 Å². The maximum atomic E-state index is 12.4. The van der Waals surface area contributed by atoms with E-state index in [1.807, 2.05) is 17.9 Å². The molecule has 0 radical (unpaired) electrons. The highest BCUT2D eigenvalue weighted by Crippen LogP contribution is 2.21. The number of likely N-dealkylation sites (N-methyl/N-ethyl adjacent to an activating group) is 1. The molecule has 2 heteroatoms. The molecule has 1 amide bonds. The first-order valence-electron chi connectivity index (χ1n) is 7.00. The molecular formula is C16H25NO. The largest absolute Gasteiger partial charge is 0.339 e. The maximum Gasteiger partial charge on any atom is 0.253 e. The average Bonchev–Trinajstić information content (AvgIpc) is 2.57. The maximum absolute atomic E-state index is 12.4. The fourth-order valence-corrected chi connectivity index (χ4v) is 2.23. The van der Waals surface area contributed by atoms with Crippen molar-refractivity contribution in [3.63, 3.8) is 0 Å². The van der Waals surface area contributed by atoms with Gasteiger partial charge in [0, 0.05) is 18.7 Å². The summed E-state index contributed by atoms with van der Waals surface area (Å²) in [5.74, 6) is 0.167. The molecule has 18 heavy (non-hydrogen) atoms. The fourth-order valence-electron chi connectivity index (χ4n) is 2.23. The Morgan fingerprint density at radius 1 is 1.28 bits per heavy atom. The molecule has 100 valence electrons. The van der Waals surface area contributed by atoms with Gasteiger partial charge in [0.05, 0.1) is 0 Å². The van der Waals surface area contributed by atoms with Crippen molar-refractivity contribution in [2.45, 2.75) is 47.0 Å². The smallest absolute Gasteiger partial charge is 0.253 e. The molecule has 2 nitrogen and oxygen atoms in total. The molecule has 0 saturated heterocycles. The van der Waals surface area contributed by atoms with Gasteiger partial charge in [-0.2, -0.15) is 0 Å². The van der Waals surface area contributed by atoms with E-state index in [4.69, 9.17) is 0 Å². The van der Waals surface area contributed by atoms with Crippen LogP contribution in [0, 0.1) is 0 Å². The lowest BCUT2D eigenvalue weighted by Gasteiger charge is -2.20. The molecule has 1 rings (SSSR count). The van der Waals surface area contributed by atoms with Gasteiger partial charge in [-0.1, -0.05) is 37.1 Å². The summed E-state index contributed by atoms with van der Waals surface area (Å²) in [4.78, 5) is 14.3. The lowest BCUT2D eigenvalue weighted by Crippen LogP contribution is -2.32. The van der Waals surface area contributed by atoms with Gasteiger partial charge in [-0.25, -0.2) is 0 Å². The Balaban J connectivity index is 2.83. The first-order chi connectivity index (χ1) is 8.63. The molecule has 0 bridgehead atoms. The summed E-state index contributed by atoms with van der Waals surface area (Å²) in [7, 11) is 0. The molecule has 0 atom stereocenters. The average molecular weight is 247 g/mol. The van der Waals surface area contributed by atoms with Crippen LogP contribution >= 0.6 is 0 Å². The number of rotatable bonds is 5. The first-order valence-corrected chi connectivity index (χ1v) is 7.00. The molecule has 0 unspecified atom stereocenters. The molecule has 0 aliphatic heterocycles. The fraction of sp³-hybridized carbons (Fsp3) is 0.562. The third-order valence-electron chi connectivity index (χ3n) is 3.48. The number of hydrogen-bond acceptors (Lipinski definition) is 1. The zero-order chi connectivity index (χ0) is 13.5. The van der Waals surface area contributed by atoms with Crippen LogP contribution in [0.5, 0.6) is 0 Å². The quantitative estimate of drug-likeness (QED) is 0.722. The normalized spacial score (nSPS) is 15.4. The Kier molecular flexibility index (Phi) is 5.90. The number of carbonyl (C=O) groups is 1. The summed E-state index contributed by atoms with van der Waals surface area (Å²) in [6.07, 6.45) is 9.09. The number of carbonyl (C=O) groups excluding carboxylic acids is 1. The monoisotopic (exact) mass is 247 g/mol. The molecule has 0 saturated carbocycles. The van der Waals surface area contributed by atoms with Crippen LogP contribution in [0.15, 0.2) is 34.9 Å². The van der Waals surface area contributed by atoms with Gasteiger partial charge >= 0.3 is 0 Å². The van der Waals surface area contributed by atoms with Gasteiger partial charge in [0.25, 0.3) is 5.91 Å². The van der Waals surface area contributed by atoms with Crippen molar-refractivity contribution in [2.75, 3.05) is 13.1 Å². The zero-order valence-electron chi connectivity index (χ0n) is 12.1. The summed E-state index contributed by atoms with van der Waals surface area (Å²) in [5, 5.41) is 0. The minimum Gasteiger partial charge on any atom is -0.339 e. The number of allylic oxidation sites excluding steroid dienone is 4. The van der Waals surface area contributed by atoms with Crippen LogP contribution in [0.4, 0.5) is 0 Å². The first kappa shape index (κ1) is 14.7. The van der Waals surface area contributed by atoms with E-state index in [-0.39, 0.29) is 5.91 Å². The topological polar surface area (TPSA) is 20.3 Å². The number of nitrogens with zero attached hydrogens (tertiary/aromatic N) is 1. The van der Waals surface area contributed by atoms with Crippen LogP contribution in [0.2, 0.25) is 0 Å². The van der Waals surface area contributed by atoms with Crippen LogP contribution in [-0.4, -0.2) is 23.9 Å². The van der Waals surface area contributed by atoms with Gasteiger partial charge in [0.2, 0.25) is 0 Å². The van der Waals surface area contributed by atoms with Crippen molar-refractivity contribution in [1.82, 2.24) is 4.90 Å². The summed E-state index contributed by atoms with van der Waals surface area (Å²) >= 11 is 0. The van der Waals surface area contributed by atoms with Gasteiger partial charge in [0.15, 0.2) is 0 Å². The second-order valence-electron chi connectivity index (χ2n) is 4.72. The molecule has 0 spiro atoms. The predicted molar refractivity (Wildman–Crippen MR) is 77.4 cm³/mol. The Labute approximate surface area is 111 Å². The minimum absolute atomic E-state index is 0.167.